The zero-order valence-corrected chi connectivity index (χ0v) is 19.3. The van der Waals surface area contributed by atoms with Gasteiger partial charge in [-0.15, -0.1) is 0 Å². The second kappa shape index (κ2) is 9.33. The van der Waals surface area contributed by atoms with E-state index in [1.54, 1.807) is 0 Å². The van der Waals surface area contributed by atoms with Crippen LogP contribution >= 0.6 is 15.9 Å². The van der Waals surface area contributed by atoms with Gasteiger partial charge in [0.2, 0.25) is 5.95 Å². The molecule has 0 unspecified atom stereocenters. The number of aromatic nitrogens is 2. The Morgan fingerprint density at radius 1 is 1.00 bits per heavy atom. The lowest BCUT2D eigenvalue weighted by Crippen LogP contribution is -2.40. The maximum Gasteiger partial charge on any atom is 0.251 e. The van der Waals surface area contributed by atoms with Crippen molar-refractivity contribution in [2.45, 2.75) is 63.5 Å². The molecule has 0 spiro atoms. The molecule has 1 aromatic heterocycles. The average Bonchev–Trinajstić information content (AvgIpc) is 2.75. The molecular formula is C23H30BrN5O. The van der Waals surface area contributed by atoms with Crippen LogP contribution in [-0.4, -0.2) is 42.1 Å². The fraction of sp³-hybridized carbons (Fsp3) is 0.522. The molecule has 2 aromatic rings. The highest BCUT2D eigenvalue weighted by Gasteiger charge is 2.25. The Morgan fingerprint density at radius 3 is 2.37 bits per heavy atom. The quantitative estimate of drug-likeness (QED) is 0.678. The Hall–Kier alpha value is -2.15. The molecule has 4 rings (SSSR count). The molecule has 0 bridgehead atoms. The number of nitrogens with zero attached hydrogens (tertiary/aromatic N) is 3. The lowest BCUT2D eigenvalue weighted by molar-refractivity contribution is 0.0926. The number of hydrogen-bond acceptors (Lipinski definition) is 5. The number of carbonyl (C=O) groups excluding carboxylic acids is 1. The number of amides is 1. The lowest BCUT2D eigenvalue weighted by Gasteiger charge is -2.30. The molecule has 160 valence electrons. The zero-order chi connectivity index (χ0) is 21.1. The SMILES string of the molecule is CN(C)c1nc(NC2CCC(NC(=O)c3ccc(Br)cc3)CC2)nc2c1CCCC2. The number of anilines is 2. The van der Waals surface area contributed by atoms with Crippen molar-refractivity contribution in [1.82, 2.24) is 15.3 Å². The summed E-state index contributed by atoms with van der Waals surface area (Å²) in [7, 11) is 4.11. The summed E-state index contributed by atoms with van der Waals surface area (Å²) in [5.41, 5.74) is 3.23. The predicted molar refractivity (Wildman–Crippen MR) is 124 cm³/mol. The van der Waals surface area contributed by atoms with Gasteiger partial charge in [-0.1, -0.05) is 15.9 Å². The third-order valence-electron chi connectivity index (χ3n) is 6.09. The number of aryl methyl sites for hydroxylation is 1. The van der Waals surface area contributed by atoms with Crippen LogP contribution in [0.15, 0.2) is 28.7 Å². The number of halogens is 1. The molecule has 1 heterocycles. The van der Waals surface area contributed by atoms with E-state index in [9.17, 15) is 4.79 Å². The van der Waals surface area contributed by atoms with Crippen LogP contribution in [0.25, 0.3) is 0 Å². The standard InChI is InChI=1S/C23H30BrN5O/c1-29(2)21-19-5-3-4-6-20(19)27-23(28-21)26-18-13-11-17(12-14-18)25-22(30)15-7-9-16(24)10-8-15/h7-10,17-18H,3-6,11-14H2,1-2H3,(H,25,30)(H,26,27,28). The second-order valence-corrected chi connectivity index (χ2v) is 9.49. The minimum atomic E-state index is 0.00699. The second-order valence-electron chi connectivity index (χ2n) is 8.57. The van der Waals surface area contributed by atoms with E-state index in [0.29, 0.717) is 11.6 Å². The molecule has 30 heavy (non-hydrogen) atoms. The maximum absolute atomic E-state index is 12.5. The fourth-order valence-electron chi connectivity index (χ4n) is 4.44. The lowest BCUT2D eigenvalue weighted by atomic mass is 9.91. The van der Waals surface area contributed by atoms with E-state index < -0.39 is 0 Å². The largest absolute Gasteiger partial charge is 0.362 e. The molecule has 0 saturated heterocycles. The molecule has 1 amide bonds. The van der Waals surface area contributed by atoms with Gasteiger partial charge in [0, 0.05) is 41.8 Å². The summed E-state index contributed by atoms with van der Waals surface area (Å²) in [6.45, 7) is 0. The van der Waals surface area contributed by atoms with Gasteiger partial charge in [-0.2, -0.15) is 4.98 Å². The Morgan fingerprint density at radius 2 is 1.67 bits per heavy atom. The van der Waals surface area contributed by atoms with Crippen LogP contribution in [-0.2, 0) is 12.8 Å². The molecule has 6 nitrogen and oxygen atoms in total. The zero-order valence-electron chi connectivity index (χ0n) is 17.7. The minimum Gasteiger partial charge on any atom is -0.362 e. The van der Waals surface area contributed by atoms with E-state index in [0.717, 1.165) is 54.8 Å². The van der Waals surface area contributed by atoms with Crippen molar-refractivity contribution in [3.63, 3.8) is 0 Å². The molecule has 0 aliphatic heterocycles. The van der Waals surface area contributed by atoms with E-state index in [2.05, 4.69) is 45.6 Å². The van der Waals surface area contributed by atoms with Crippen molar-refractivity contribution in [2.24, 2.45) is 0 Å². The fourth-order valence-corrected chi connectivity index (χ4v) is 4.71. The van der Waals surface area contributed by atoms with Crippen molar-refractivity contribution in [3.05, 3.63) is 45.6 Å². The number of benzene rings is 1. The van der Waals surface area contributed by atoms with Gasteiger partial charge >= 0.3 is 0 Å². The molecule has 2 N–H and O–H groups in total. The van der Waals surface area contributed by atoms with E-state index >= 15 is 0 Å². The van der Waals surface area contributed by atoms with Crippen molar-refractivity contribution >= 4 is 33.6 Å². The third-order valence-corrected chi connectivity index (χ3v) is 6.62. The highest BCUT2D eigenvalue weighted by atomic mass is 79.9. The Balaban J connectivity index is 1.34. The first-order valence-corrected chi connectivity index (χ1v) is 11.7. The van der Waals surface area contributed by atoms with Crippen LogP contribution in [0.3, 0.4) is 0 Å². The van der Waals surface area contributed by atoms with E-state index in [4.69, 9.17) is 9.97 Å². The predicted octanol–water partition coefficient (Wildman–Crippen LogP) is 4.34. The molecule has 2 aliphatic rings. The number of fused-ring (bicyclic) bond motifs is 1. The molecule has 1 fully saturated rings. The molecular weight excluding hydrogens is 442 g/mol. The summed E-state index contributed by atoms with van der Waals surface area (Å²) < 4.78 is 0.979. The molecule has 1 aromatic carbocycles. The first kappa shape index (κ1) is 21.1. The van der Waals surface area contributed by atoms with Gasteiger partial charge in [0.05, 0.1) is 5.69 Å². The monoisotopic (exact) mass is 471 g/mol. The van der Waals surface area contributed by atoms with Gasteiger partial charge in [0.1, 0.15) is 5.82 Å². The number of rotatable bonds is 5. The summed E-state index contributed by atoms with van der Waals surface area (Å²) in [6, 6.07) is 8.07. The van der Waals surface area contributed by atoms with E-state index in [-0.39, 0.29) is 11.9 Å². The van der Waals surface area contributed by atoms with Gasteiger partial charge in [-0.25, -0.2) is 4.98 Å². The van der Waals surface area contributed by atoms with Crippen LogP contribution in [0.4, 0.5) is 11.8 Å². The van der Waals surface area contributed by atoms with Gasteiger partial charge in [0.15, 0.2) is 0 Å². The minimum absolute atomic E-state index is 0.00699. The van der Waals surface area contributed by atoms with Crippen molar-refractivity contribution in [1.29, 1.82) is 0 Å². The summed E-state index contributed by atoms with van der Waals surface area (Å²) in [6.07, 6.45) is 8.48. The summed E-state index contributed by atoms with van der Waals surface area (Å²) in [5.74, 6) is 1.81. The van der Waals surface area contributed by atoms with Gasteiger partial charge in [0.25, 0.3) is 5.91 Å². The Kier molecular flexibility index (Phi) is 6.56. The third kappa shape index (κ3) is 4.94. The number of carbonyl (C=O) groups is 1. The molecule has 0 atom stereocenters. The van der Waals surface area contributed by atoms with Crippen LogP contribution in [0.5, 0.6) is 0 Å². The van der Waals surface area contributed by atoms with Crippen LogP contribution in [0, 0.1) is 0 Å². The van der Waals surface area contributed by atoms with Crippen molar-refractivity contribution in [2.75, 3.05) is 24.3 Å². The summed E-state index contributed by atoms with van der Waals surface area (Å²) >= 11 is 3.41. The summed E-state index contributed by atoms with van der Waals surface area (Å²) in [4.78, 5) is 24.2. The van der Waals surface area contributed by atoms with Crippen molar-refractivity contribution < 1.29 is 4.79 Å². The Labute approximate surface area is 187 Å². The Bertz CT molecular complexity index is 891. The van der Waals surface area contributed by atoms with Gasteiger partial charge < -0.3 is 15.5 Å². The first-order chi connectivity index (χ1) is 14.5. The number of nitrogens with one attached hydrogen (secondary N) is 2. The van der Waals surface area contributed by atoms with Gasteiger partial charge in [-0.3, -0.25) is 4.79 Å². The molecule has 0 radical (unpaired) electrons. The van der Waals surface area contributed by atoms with Crippen molar-refractivity contribution in [3.8, 4) is 0 Å². The molecule has 1 saturated carbocycles. The highest BCUT2D eigenvalue weighted by Crippen LogP contribution is 2.29. The summed E-state index contributed by atoms with van der Waals surface area (Å²) in [5, 5.41) is 6.76. The average molecular weight is 472 g/mol. The van der Waals surface area contributed by atoms with Crippen LogP contribution < -0.4 is 15.5 Å². The highest BCUT2D eigenvalue weighted by molar-refractivity contribution is 9.10. The smallest absolute Gasteiger partial charge is 0.251 e. The maximum atomic E-state index is 12.5. The normalized spacial score (nSPS) is 20.9. The molecule has 7 heteroatoms. The van der Waals surface area contributed by atoms with E-state index in [1.807, 2.05) is 24.3 Å². The van der Waals surface area contributed by atoms with E-state index in [1.165, 1.54) is 24.1 Å². The van der Waals surface area contributed by atoms with Gasteiger partial charge in [-0.05, 0) is 75.6 Å². The van der Waals surface area contributed by atoms with Crippen LogP contribution in [0.1, 0.15) is 60.1 Å². The number of hydrogen-bond donors (Lipinski definition) is 2. The first-order valence-electron chi connectivity index (χ1n) is 10.9. The van der Waals surface area contributed by atoms with Crippen LogP contribution in [0.2, 0.25) is 0 Å². The topological polar surface area (TPSA) is 70.2 Å². The molecule has 2 aliphatic carbocycles.